The molecular formula is C21H41NO4SSi. The van der Waals surface area contributed by atoms with Gasteiger partial charge in [0.05, 0.1) is 27.9 Å². The fourth-order valence-electron chi connectivity index (χ4n) is 2.66. The predicted octanol–water partition coefficient (Wildman–Crippen LogP) is 4.69. The molecule has 5 nitrogen and oxygen atoms in total. The van der Waals surface area contributed by atoms with Crippen LogP contribution in [0.4, 0.5) is 0 Å². The van der Waals surface area contributed by atoms with Gasteiger partial charge in [0.25, 0.3) is 0 Å². The zero-order chi connectivity index (χ0) is 22.1. The van der Waals surface area contributed by atoms with Crippen molar-refractivity contribution < 1.29 is 18.1 Å². The summed E-state index contributed by atoms with van der Waals surface area (Å²) < 4.78 is 34.5. The van der Waals surface area contributed by atoms with E-state index in [1.165, 1.54) is 0 Å². The van der Waals surface area contributed by atoms with Crippen LogP contribution >= 0.6 is 0 Å². The molecule has 0 aliphatic carbocycles. The minimum absolute atomic E-state index is 0.0581. The Labute approximate surface area is 176 Å². The molecule has 1 aliphatic rings. The van der Waals surface area contributed by atoms with E-state index in [1.807, 2.05) is 34.6 Å². The Balaban J connectivity index is 3.16. The fraction of sp³-hybridized carbons (Fsp3) is 0.810. The largest absolute Gasteiger partial charge is 0.408 e. The van der Waals surface area contributed by atoms with Gasteiger partial charge in [-0.3, -0.25) is 0 Å². The molecule has 1 fully saturated rings. The van der Waals surface area contributed by atoms with Crippen LogP contribution in [0, 0.1) is 0 Å². The molecular weight excluding hydrogens is 390 g/mol. The van der Waals surface area contributed by atoms with E-state index in [0.29, 0.717) is 0 Å². The van der Waals surface area contributed by atoms with Crippen LogP contribution in [0.15, 0.2) is 25.3 Å². The lowest BCUT2D eigenvalue weighted by Gasteiger charge is -2.40. The van der Waals surface area contributed by atoms with E-state index in [0.717, 1.165) is 0 Å². The van der Waals surface area contributed by atoms with Gasteiger partial charge < -0.3 is 13.9 Å². The van der Waals surface area contributed by atoms with Crippen LogP contribution in [-0.4, -0.2) is 47.4 Å². The van der Waals surface area contributed by atoms with Gasteiger partial charge in [-0.25, -0.2) is 8.93 Å². The smallest absolute Gasteiger partial charge is 0.193 e. The van der Waals surface area contributed by atoms with E-state index < -0.39 is 35.9 Å². The van der Waals surface area contributed by atoms with Crippen molar-refractivity contribution in [1.82, 2.24) is 4.72 Å². The van der Waals surface area contributed by atoms with Gasteiger partial charge in [0.15, 0.2) is 14.1 Å². The molecule has 1 unspecified atom stereocenters. The number of hydrogen-bond donors (Lipinski definition) is 1. The van der Waals surface area contributed by atoms with Gasteiger partial charge in [-0.15, -0.1) is 13.2 Å². The average Bonchev–Trinajstić information content (AvgIpc) is 2.83. The topological polar surface area (TPSA) is 56.8 Å². The molecule has 0 amide bonds. The minimum atomic E-state index is -2.05. The standard InChI is InChI=1S/C21H41NO4SSi/c1-13-15(22-27(23)19(3,4)5)17-18(25-21(9,10)24-17)16(14-2)26-28(11,12)20(6,7)8/h13-18,22H,1-2H2,3-12H3/t15-,16+,17-,18-,27?/m0/s1. The van der Waals surface area contributed by atoms with Crippen molar-refractivity contribution in [2.75, 3.05) is 0 Å². The normalized spacial score (nSPS) is 26.5. The maximum absolute atomic E-state index is 12.7. The van der Waals surface area contributed by atoms with Crippen molar-refractivity contribution in [2.24, 2.45) is 0 Å². The average molecular weight is 432 g/mol. The van der Waals surface area contributed by atoms with Crippen molar-refractivity contribution in [1.29, 1.82) is 0 Å². The van der Waals surface area contributed by atoms with Crippen molar-refractivity contribution in [3.8, 4) is 0 Å². The summed E-state index contributed by atoms with van der Waals surface area (Å²) >= 11 is 0. The zero-order valence-corrected chi connectivity index (χ0v) is 21.2. The first-order valence-electron chi connectivity index (χ1n) is 9.92. The highest BCUT2D eigenvalue weighted by molar-refractivity contribution is 7.84. The van der Waals surface area contributed by atoms with E-state index in [-0.39, 0.29) is 23.3 Å². The summed E-state index contributed by atoms with van der Waals surface area (Å²) in [4.78, 5) is 0. The van der Waals surface area contributed by atoms with Crippen LogP contribution in [0.2, 0.25) is 18.1 Å². The molecule has 0 radical (unpaired) electrons. The number of nitrogens with one attached hydrogen (secondary N) is 1. The second-order valence-electron chi connectivity index (χ2n) is 10.4. The Morgan fingerprint density at radius 1 is 1.07 bits per heavy atom. The Morgan fingerprint density at radius 2 is 1.57 bits per heavy atom. The van der Waals surface area contributed by atoms with Gasteiger partial charge in [-0.2, -0.15) is 0 Å². The Morgan fingerprint density at radius 3 is 1.96 bits per heavy atom. The molecule has 1 heterocycles. The van der Waals surface area contributed by atoms with Gasteiger partial charge in [0, 0.05) is 0 Å². The molecule has 0 bridgehead atoms. The van der Waals surface area contributed by atoms with Crippen molar-refractivity contribution in [2.45, 2.75) is 108 Å². The first-order chi connectivity index (χ1) is 12.4. The van der Waals surface area contributed by atoms with Gasteiger partial charge in [-0.05, 0) is 52.8 Å². The highest BCUT2D eigenvalue weighted by Crippen LogP contribution is 2.40. The van der Waals surface area contributed by atoms with Gasteiger partial charge in [0.1, 0.15) is 12.2 Å². The molecule has 0 saturated carbocycles. The van der Waals surface area contributed by atoms with Crippen molar-refractivity contribution >= 4 is 19.3 Å². The maximum Gasteiger partial charge on any atom is 0.193 e. The lowest BCUT2D eigenvalue weighted by atomic mass is 10.0. The van der Waals surface area contributed by atoms with E-state index >= 15 is 0 Å². The number of rotatable bonds is 8. The highest BCUT2D eigenvalue weighted by Gasteiger charge is 2.50. The summed E-state index contributed by atoms with van der Waals surface area (Å²) in [5.74, 6) is -0.778. The molecule has 1 aliphatic heterocycles. The van der Waals surface area contributed by atoms with Gasteiger partial charge in [-0.1, -0.05) is 32.9 Å². The summed E-state index contributed by atoms with van der Waals surface area (Å²) in [6, 6.07) is -0.350. The fourth-order valence-corrected chi connectivity index (χ4v) is 4.76. The van der Waals surface area contributed by atoms with Crippen LogP contribution in [0.1, 0.15) is 55.4 Å². The number of ether oxygens (including phenoxy) is 2. The van der Waals surface area contributed by atoms with Crippen LogP contribution in [-0.2, 0) is 24.9 Å². The summed E-state index contributed by atoms with van der Waals surface area (Å²) in [7, 11) is -3.32. The molecule has 0 spiro atoms. The summed E-state index contributed by atoms with van der Waals surface area (Å²) in [5.41, 5.74) is 0. The monoisotopic (exact) mass is 431 g/mol. The van der Waals surface area contributed by atoms with E-state index in [4.69, 9.17) is 13.9 Å². The molecule has 28 heavy (non-hydrogen) atoms. The quantitative estimate of drug-likeness (QED) is 0.447. The molecule has 0 aromatic rings. The predicted molar refractivity (Wildman–Crippen MR) is 121 cm³/mol. The van der Waals surface area contributed by atoms with Crippen molar-refractivity contribution in [3.05, 3.63) is 25.3 Å². The zero-order valence-electron chi connectivity index (χ0n) is 19.4. The lowest BCUT2D eigenvalue weighted by molar-refractivity contribution is -0.152. The van der Waals surface area contributed by atoms with E-state index in [9.17, 15) is 4.21 Å². The third kappa shape index (κ3) is 6.34. The molecule has 1 N–H and O–H groups in total. The molecule has 164 valence electrons. The maximum atomic E-state index is 12.7. The Bertz CT molecular complexity index is 592. The third-order valence-electron chi connectivity index (χ3n) is 5.36. The second-order valence-corrected chi connectivity index (χ2v) is 17.2. The van der Waals surface area contributed by atoms with E-state index in [1.54, 1.807) is 12.2 Å². The van der Waals surface area contributed by atoms with E-state index in [2.05, 4.69) is 51.7 Å². The molecule has 5 atom stereocenters. The minimum Gasteiger partial charge on any atom is -0.408 e. The third-order valence-corrected chi connectivity index (χ3v) is 11.4. The Hall–Kier alpha value is -0.313. The van der Waals surface area contributed by atoms with Crippen LogP contribution in [0.5, 0.6) is 0 Å². The van der Waals surface area contributed by atoms with Gasteiger partial charge >= 0.3 is 0 Å². The van der Waals surface area contributed by atoms with Crippen LogP contribution in [0.25, 0.3) is 0 Å². The first-order valence-corrected chi connectivity index (χ1v) is 14.0. The summed E-state index contributed by atoms with van der Waals surface area (Å²) in [6.45, 7) is 28.5. The Kier molecular flexibility index (Phi) is 8.10. The second kappa shape index (κ2) is 8.82. The van der Waals surface area contributed by atoms with Gasteiger partial charge in [0.2, 0.25) is 0 Å². The highest BCUT2D eigenvalue weighted by atomic mass is 32.2. The molecule has 1 saturated heterocycles. The van der Waals surface area contributed by atoms with Crippen molar-refractivity contribution in [3.63, 3.8) is 0 Å². The molecule has 1 rings (SSSR count). The summed E-state index contributed by atoms with van der Waals surface area (Å²) in [5, 5.41) is 0.0581. The molecule has 0 aromatic carbocycles. The molecule has 0 aromatic heterocycles. The van der Waals surface area contributed by atoms with Crippen LogP contribution in [0.3, 0.4) is 0 Å². The lowest BCUT2D eigenvalue weighted by Crippen LogP contribution is -2.53. The first kappa shape index (κ1) is 25.7. The molecule has 7 heteroatoms. The van der Waals surface area contributed by atoms with Crippen LogP contribution < -0.4 is 4.72 Å². The summed E-state index contributed by atoms with van der Waals surface area (Å²) in [6.07, 6.45) is 2.42. The number of hydrogen-bond acceptors (Lipinski definition) is 4. The SMILES string of the molecule is C=C[C@H](NS(=O)C(C)(C)C)[C@@H]1OC(C)(C)O[C@H]1[C@@H](C=C)O[Si](C)(C)C(C)(C)C.